The molecule has 0 amide bonds. The molecule has 1 N–H and O–H groups in total. The molecule has 0 saturated heterocycles. The van der Waals surface area contributed by atoms with Crippen molar-refractivity contribution in [3.05, 3.63) is 24.2 Å². The molecule has 0 saturated carbocycles. The lowest BCUT2D eigenvalue weighted by Gasteiger charge is -2.15. The Bertz CT molecular complexity index is 246. The van der Waals surface area contributed by atoms with Crippen LogP contribution in [0.25, 0.3) is 0 Å². The van der Waals surface area contributed by atoms with E-state index in [-0.39, 0.29) is 0 Å². The molecular weight excluding hydrogens is 200 g/mol. The van der Waals surface area contributed by atoms with Gasteiger partial charge in [-0.3, -0.25) is 0 Å². The van der Waals surface area contributed by atoms with Gasteiger partial charge >= 0.3 is 0 Å². The summed E-state index contributed by atoms with van der Waals surface area (Å²) in [5, 5.41) is 3.35. The van der Waals surface area contributed by atoms with Gasteiger partial charge in [-0.05, 0) is 45.6 Å². The maximum atomic E-state index is 5.05. The van der Waals surface area contributed by atoms with E-state index in [2.05, 4.69) is 24.2 Å². The number of nitrogens with zero attached hydrogens (tertiary/aromatic N) is 1. The van der Waals surface area contributed by atoms with Crippen LogP contribution in [0.3, 0.4) is 0 Å². The fourth-order valence-corrected chi connectivity index (χ4v) is 1.76. The van der Waals surface area contributed by atoms with E-state index in [1.807, 2.05) is 12.3 Å². The molecule has 1 aromatic heterocycles. The Morgan fingerprint density at radius 1 is 1.31 bits per heavy atom. The van der Waals surface area contributed by atoms with Crippen molar-refractivity contribution in [3.63, 3.8) is 0 Å². The lowest BCUT2D eigenvalue weighted by atomic mass is 10.2. The standard InChI is InChI=1S/C13H24N2O/c1-3-14-8-5-4-6-9-15(2)11-13-7-10-16-12-13/h7,10,12,14H,3-6,8-9,11H2,1-2H3. The van der Waals surface area contributed by atoms with Gasteiger partial charge in [0.2, 0.25) is 0 Å². The van der Waals surface area contributed by atoms with Crippen LogP contribution in [-0.4, -0.2) is 31.6 Å². The van der Waals surface area contributed by atoms with Gasteiger partial charge in [-0.25, -0.2) is 0 Å². The number of unbranched alkanes of at least 4 members (excludes halogenated alkanes) is 2. The van der Waals surface area contributed by atoms with Crippen molar-refractivity contribution >= 4 is 0 Å². The summed E-state index contributed by atoms with van der Waals surface area (Å²) in [6.45, 7) is 6.54. The predicted molar refractivity (Wildman–Crippen MR) is 67.4 cm³/mol. The molecule has 0 radical (unpaired) electrons. The molecule has 0 aliphatic heterocycles. The summed E-state index contributed by atoms with van der Waals surface area (Å²) >= 11 is 0. The molecule has 92 valence electrons. The molecule has 0 bridgehead atoms. The lowest BCUT2D eigenvalue weighted by molar-refractivity contribution is 0.316. The van der Waals surface area contributed by atoms with Gasteiger partial charge in [0.1, 0.15) is 0 Å². The molecule has 0 atom stereocenters. The van der Waals surface area contributed by atoms with Crippen molar-refractivity contribution < 1.29 is 4.42 Å². The van der Waals surface area contributed by atoms with Crippen LogP contribution in [0.1, 0.15) is 31.7 Å². The summed E-state index contributed by atoms with van der Waals surface area (Å²) in [7, 11) is 2.16. The second kappa shape index (κ2) is 8.36. The van der Waals surface area contributed by atoms with Crippen molar-refractivity contribution in [2.24, 2.45) is 0 Å². The third-order valence-corrected chi connectivity index (χ3v) is 2.68. The van der Waals surface area contributed by atoms with Crippen molar-refractivity contribution in [2.75, 3.05) is 26.7 Å². The van der Waals surface area contributed by atoms with E-state index in [1.165, 1.54) is 24.8 Å². The van der Waals surface area contributed by atoms with Gasteiger partial charge in [-0.15, -0.1) is 0 Å². The van der Waals surface area contributed by atoms with Crippen LogP contribution >= 0.6 is 0 Å². The topological polar surface area (TPSA) is 28.4 Å². The molecule has 0 aliphatic rings. The molecule has 3 nitrogen and oxygen atoms in total. The fraction of sp³-hybridized carbons (Fsp3) is 0.692. The van der Waals surface area contributed by atoms with Gasteiger partial charge in [0.05, 0.1) is 12.5 Å². The smallest absolute Gasteiger partial charge is 0.0947 e. The number of furan rings is 1. The van der Waals surface area contributed by atoms with E-state index >= 15 is 0 Å². The van der Waals surface area contributed by atoms with Crippen molar-refractivity contribution in [2.45, 2.75) is 32.7 Å². The van der Waals surface area contributed by atoms with Gasteiger partial charge in [-0.1, -0.05) is 13.3 Å². The highest BCUT2D eigenvalue weighted by atomic mass is 16.3. The number of rotatable bonds is 9. The van der Waals surface area contributed by atoms with E-state index in [0.717, 1.165) is 26.2 Å². The van der Waals surface area contributed by atoms with Gasteiger partial charge in [0.25, 0.3) is 0 Å². The van der Waals surface area contributed by atoms with E-state index < -0.39 is 0 Å². The summed E-state index contributed by atoms with van der Waals surface area (Å²) in [6.07, 6.45) is 7.43. The Kier molecular flexibility index (Phi) is 6.93. The third-order valence-electron chi connectivity index (χ3n) is 2.68. The van der Waals surface area contributed by atoms with E-state index in [9.17, 15) is 0 Å². The van der Waals surface area contributed by atoms with Crippen LogP contribution in [0.5, 0.6) is 0 Å². The Balaban J connectivity index is 1.96. The summed E-state index contributed by atoms with van der Waals surface area (Å²) in [4.78, 5) is 2.35. The molecule has 0 unspecified atom stereocenters. The van der Waals surface area contributed by atoms with Crippen LogP contribution in [0.15, 0.2) is 23.0 Å². The maximum Gasteiger partial charge on any atom is 0.0947 e. The zero-order chi connectivity index (χ0) is 11.6. The number of hydrogen-bond acceptors (Lipinski definition) is 3. The number of nitrogens with one attached hydrogen (secondary N) is 1. The van der Waals surface area contributed by atoms with Crippen LogP contribution < -0.4 is 5.32 Å². The third kappa shape index (κ3) is 5.93. The molecule has 0 aliphatic carbocycles. The predicted octanol–water partition coefficient (Wildman–Crippen LogP) is 2.49. The minimum atomic E-state index is 0.990. The van der Waals surface area contributed by atoms with Crippen molar-refractivity contribution in [3.8, 4) is 0 Å². The average Bonchev–Trinajstić information content (AvgIpc) is 2.76. The molecule has 0 fully saturated rings. The summed E-state index contributed by atoms with van der Waals surface area (Å²) in [5.41, 5.74) is 1.26. The van der Waals surface area contributed by atoms with Crippen LogP contribution in [0.2, 0.25) is 0 Å². The molecule has 16 heavy (non-hydrogen) atoms. The largest absolute Gasteiger partial charge is 0.472 e. The van der Waals surface area contributed by atoms with E-state index in [0.29, 0.717) is 0 Å². The first kappa shape index (κ1) is 13.3. The Labute approximate surface area is 98.8 Å². The summed E-state index contributed by atoms with van der Waals surface area (Å²) in [5.74, 6) is 0. The van der Waals surface area contributed by atoms with Crippen molar-refractivity contribution in [1.29, 1.82) is 0 Å². The van der Waals surface area contributed by atoms with Crippen LogP contribution in [-0.2, 0) is 6.54 Å². The highest BCUT2D eigenvalue weighted by molar-refractivity contribution is 5.04. The summed E-state index contributed by atoms with van der Waals surface area (Å²) < 4.78 is 5.05. The highest BCUT2D eigenvalue weighted by Crippen LogP contribution is 2.05. The molecular formula is C13H24N2O. The molecule has 0 aromatic carbocycles. The zero-order valence-corrected chi connectivity index (χ0v) is 10.5. The van der Waals surface area contributed by atoms with Gasteiger partial charge in [0, 0.05) is 12.1 Å². The van der Waals surface area contributed by atoms with E-state index in [4.69, 9.17) is 4.42 Å². The normalized spacial score (nSPS) is 11.2. The lowest BCUT2D eigenvalue weighted by Crippen LogP contribution is -2.19. The first-order valence-electron chi connectivity index (χ1n) is 6.23. The maximum absolute atomic E-state index is 5.05. The Morgan fingerprint density at radius 3 is 2.88 bits per heavy atom. The molecule has 1 aromatic rings. The molecule has 1 heterocycles. The SMILES string of the molecule is CCNCCCCCN(C)Cc1ccoc1. The fourth-order valence-electron chi connectivity index (χ4n) is 1.76. The number of hydrogen-bond donors (Lipinski definition) is 1. The van der Waals surface area contributed by atoms with Gasteiger partial charge in [0.15, 0.2) is 0 Å². The second-order valence-electron chi connectivity index (χ2n) is 4.28. The van der Waals surface area contributed by atoms with Gasteiger partial charge in [-0.2, -0.15) is 0 Å². The van der Waals surface area contributed by atoms with E-state index in [1.54, 1.807) is 6.26 Å². The van der Waals surface area contributed by atoms with Crippen LogP contribution in [0.4, 0.5) is 0 Å². The second-order valence-corrected chi connectivity index (χ2v) is 4.28. The Morgan fingerprint density at radius 2 is 2.19 bits per heavy atom. The van der Waals surface area contributed by atoms with Crippen molar-refractivity contribution in [1.82, 2.24) is 10.2 Å². The van der Waals surface area contributed by atoms with Crippen LogP contribution in [0, 0.1) is 0 Å². The minimum absolute atomic E-state index is 0.990. The highest BCUT2D eigenvalue weighted by Gasteiger charge is 2.00. The summed E-state index contributed by atoms with van der Waals surface area (Å²) in [6, 6.07) is 2.03. The Hall–Kier alpha value is -0.800. The molecule has 3 heteroatoms. The minimum Gasteiger partial charge on any atom is -0.472 e. The molecule has 0 spiro atoms. The monoisotopic (exact) mass is 224 g/mol. The van der Waals surface area contributed by atoms with Gasteiger partial charge < -0.3 is 14.6 Å². The molecule has 1 rings (SSSR count). The average molecular weight is 224 g/mol. The zero-order valence-electron chi connectivity index (χ0n) is 10.5. The quantitative estimate of drug-likeness (QED) is 0.653. The first-order chi connectivity index (χ1) is 7.83. The first-order valence-corrected chi connectivity index (χ1v) is 6.23.